The Labute approximate surface area is 125 Å². The summed E-state index contributed by atoms with van der Waals surface area (Å²) < 4.78 is 1.83. The molecule has 2 rings (SSSR count). The molecule has 0 spiro atoms. The number of carbonyl (C=O) groups is 1. The van der Waals surface area contributed by atoms with Gasteiger partial charge in [0.1, 0.15) is 5.69 Å². The first kappa shape index (κ1) is 16.3. The summed E-state index contributed by atoms with van der Waals surface area (Å²) in [5, 5.41) is 0. The van der Waals surface area contributed by atoms with Crippen molar-refractivity contribution in [1.29, 1.82) is 0 Å². The molecule has 1 amide bonds. The molecule has 0 atom stereocenters. The van der Waals surface area contributed by atoms with Crippen LogP contribution in [0.4, 0.5) is 0 Å². The number of halogens is 1. The van der Waals surface area contributed by atoms with Gasteiger partial charge in [-0.2, -0.15) is 0 Å². The van der Waals surface area contributed by atoms with Gasteiger partial charge in [0, 0.05) is 32.9 Å². The van der Waals surface area contributed by atoms with E-state index in [-0.39, 0.29) is 18.3 Å². The lowest BCUT2D eigenvalue weighted by Gasteiger charge is -2.22. The minimum Gasteiger partial charge on any atom is -0.347 e. The highest BCUT2D eigenvalue weighted by Crippen LogP contribution is 2.10. The average Bonchev–Trinajstić information content (AvgIpc) is 2.85. The van der Waals surface area contributed by atoms with Crippen LogP contribution in [0.25, 0.3) is 0 Å². The van der Waals surface area contributed by atoms with Crippen molar-refractivity contribution in [3.63, 3.8) is 0 Å². The van der Waals surface area contributed by atoms with Crippen molar-refractivity contribution in [2.24, 2.45) is 12.8 Å². The second kappa shape index (κ2) is 7.72. The molecular formula is C15H20ClN3O. The highest BCUT2D eigenvalue weighted by Gasteiger charge is 2.17. The van der Waals surface area contributed by atoms with E-state index in [1.807, 2.05) is 60.3 Å². The third-order valence-electron chi connectivity index (χ3n) is 3.07. The average molecular weight is 294 g/mol. The van der Waals surface area contributed by atoms with E-state index >= 15 is 0 Å². The standard InChI is InChI=1S/C15H19N3O.ClH/c1-17-10-5-8-14(17)15(19)18(11-9-16)12-13-6-3-2-4-7-13;/h2-8,10H,9,11-12,16H2,1H3;1H. The molecule has 2 aromatic rings. The van der Waals surface area contributed by atoms with Crippen molar-refractivity contribution < 1.29 is 4.79 Å². The van der Waals surface area contributed by atoms with Gasteiger partial charge in [-0.1, -0.05) is 30.3 Å². The lowest BCUT2D eigenvalue weighted by Crippen LogP contribution is -2.35. The molecule has 0 bridgehead atoms. The number of nitrogens with zero attached hydrogens (tertiary/aromatic N) is 2. The van der Waals surface area contributed by atoms with Gasteiger partial charge < -0.3 is 15.2 Å². The largest absolute Gasteiger partial charge is 0.347 e. The van der Waals surface area contributed by atoms with E-state index in [0.717, 1.165) is 5.56 Å². The molecule has 0 fully saturated rings. The summed E-state index contributed by atoms with van der Waals surface area (Å²) in [5.74, 6) is 0.0156. The topological polar surface area (TPSA) is 51.3 Å². The Morgan fingerprint density at radius 1 is 1.20 bits per heavy atom. The molecule has 4 nitrogen and oxygen atoms in total. The predicted octanol–water partition coefficient (Wildman–Crippen LogP) is 2.05. The van der Waals surface area contributed by atoms with Crippen LogP contribution in [0.2, 0.25) is 0 Å². The molecule has 0 aliphatic heterocycles. The number of hydrogen-bond acceptors (Lipinski definition) is 2. The van der Waals surface area contributed by atoms with Crippen LogP contribution in [0.3, 0.4) is 0 Å². The van der Waals surface area contributed by atoms with E-state index in [1.165, 1.54) is 0 Å². The monoisotopic (exact) mass is 293 g/mol. The van der Waals surface area contributed by atoms with Crippen molar-refractivity contribution in [3.8, 4) is 0 Å². The zero-order valence-electron chi connectivity index (χ0n) is 11.5. The SMILES string of the molecule is Cl.Cn1cccc1C(=O)N(CCN)Cc1ccccc1. The maximum atomic E-state index is 12.5. The van der Waals surface area contributed by atoms with E-state index < -0.39 is 0 Å². The van der Waals surface area contributed by atoms with Gasteiger partial charge in [0.25, 0.3) is 5.91 Å². The molecule has 108 valence electrons. The van der Waals surface area contributed by atoms with E-state index in [1.54, 1.807) is 4.90 Å². The van der Waals surface area contributed by atoms with Crippen LogP contribution in [0, 0.1) is 0 Å². The molecule has 0 saturated carbocycles. The number of rotatable bonds is 5. The summed E-state index contributed by atoms with van der Waals surface area (Å²) in [7, 11) is 1.87. The molecule has 0 unspecified atom stereocenters. The van der Waals surface area contributed by atoms with E-state index in [4.69, 9.17) is 5.73 Å². The lowest BCUT2D eigenvalue weighted by molar-refractivity contribution is 0.0738. The van der Waals surface area contributed by atoms with Gasteiger partial charge >= 0.3 is 0 Å². The van der Waals surface area contributed by atoms with E-state index in [2.05, 4.69) is 0 Å². The van der Waals surface area contributed by atoms with Crippen LogP contribution >= 0.6 is 12.4 Å². The number of amides is 1. The van der Waals surface area contributed by atoms with Gasteiger partial charge in [-0.05, 0) is 17.7 Å². The Morgan fingerprint density at radius 3 is 2.45 bits per heavy atom. The number of benzene rings is 1. The normalized spacial score (nSPS) is 9.90. The zero-order valence-corrected chi connectivity index (χ0v) is 12.3. The zero-order chi connectivity index (χ0) is 13.7. The van der Waals surface area contributed by atoms with Gasteiger partial charge in [0.2, 0.25) is 0 Å². The van der Waals surface area contributed by atoms with Gasteiger partial charge in [0.05, 0.1) is 0 Å². The number of hydrogen-bond donors (Lipinski definition) is 1. The fourth-order valence-corrected chi connectivity index (χ4v) is 2.06. The number of carbonyl (C=O) groups excluding carboxylic acids is 1. The van der Waals surface area contributed by atoms with Gasteiger partial charge in [0.15, 0.2) is 0 Å². The second-order valence-corrected chi connectivity index (χ2v) is 4.51. The number of nitrogens with two attached hydrogens (primary N) is 1. The van der Waals surface area contributed by atoms with E-state index in [0.29, 0.717) is 25.3 Å². The molecule has 20 heavy (non-hydrogen) atoms. The van der Waals surface area contributed by atoms with Gasteiger partial charge in [-0.25, -0.2) is 0 Å². The summed E-state index contributed by atoms with van der Waals surface area (Å²) in [5.41, 5.74) is 7.41. The fourth-order valence-electron chi connectivity index (χ4n) is 2.06. The lowest BCUT2D eigenvalue weighted by atomic mass is 10.2. The Bertz CT molecular complexity index is 539. The second-order valence-electron chi connectivity index (χ2n) is 4.51. The van der Waals surface area contributed by atoms with Crippen LogP contribution in [0.15, 0.2) is 48.7 Å². The summed E-state index contributed by atoms with van der Waals surface area (Å²) in [6.45, 7) is 1.60. The molecule has 0 saturated heterocycles. The Kier molecular flexibility index (Phi) is 6.28. The molecule has 0 radical (unpaired) electrons. The molecule has 0 aliphatic rings. The Balaban J connectivity index is 0.00000200. The minimum absolute atomic E-state index is 0. The van der Waals surface area contributed by atoms with Crippen molar-refractivity contribution in [2.45, 2.75) is 6.54 Å². The molecular weight excluding hydrogens is 274 g/mol. The van der Waals surface area contributed by atoms with Gasteiger partial charge in [-0.15, -0.1) is 12.4 Å². The molecule has 5 heteroatoms. The van der Waals surface area contributed by atoms with E-state index in [9.17, 15) is 4.79 Å². The Hall–Kier alpha value is -1.78. The summed E-state index contributed by atoms with van der Waals surface area (Å²) in [6.07, 6.45) is 1.87. The molecule has 1 heterocycles. The molecule has 1 aromatic carbocycles. The van der Waals surface area contributed by atoms with Crippen molar-refractivity contribution >= 4 is 18.3 Å². The van der Waals surface area contributed by atoms with Crippen molar-refractivity contribution in [3.05, 3.63) is 59.9 Å². The van der Waals surface area contributed by atoms with Crippen LogP contribution in [0.1, 0.15) is 16.1 Å². The summed E-state index contributed by atoms with van der Waals surface area (Å²) >= 11 is 0. The quantitative estimate of drug-likeness (QED) is 0.917. The first-order valence-electron chi connectivity index (χ1n) is 6.37. The maximum absolute atomic E-state index is 12.5. The van der Waals surface area contributed by atoms with Crippen LogP contribution in [0.5, 0.6) is 0 Å². The first-order chi connectivity index (χ1) is 9.22. The summed E-state index contributed by atoms with van der Waals surface area (Å²) in [4.78, 5) is 14.3. The number of aromatic nitrogens is 1. The third kappa shape index (κ3) is 3.85. The minimum atomic E-state index is 0. The maximum Gasteiger partial charge on any atom is 0.270 e. The summed E-state index contributed by atoms with van der Waals surface area (Å²) in [6, 6.07) is 13.7. The van der Waals surface area contributed by atoms with Gasteiger partial charge in [-0.3, -0.25) is 4.79 Å². The van der Waals surface area contributed by atoms with Crippen LogP contribution in [-0.2, 0) is 13.6 Å². The molecule has 1 aromatic heterocycles. The van der Waals surface area contributed by atoms with Crippen molar-refractivity contribution in [1.82, 2.24) is 9.47 Å². The highest BCUT2D eigenvalue weighted by atomic mass is 35.5. The van der Waals surface area contributed by atoms with Crippen LogP contribution < -0.4 is 5.73 Å². The number of aryl methyl sites for hydroxylation is 1. The predicted molar refractivity (Wildman–Crippen MR) is 82.9 cm³/mol. The smallest absolute Gasteiger partial charge is 0.270 e. The molecule has 2 N–H and O–H groups in total. The Morgan fingerprint density at radius 2 is 1.90 bits per heavy atom. The van der Waals surface area contributed by atoms with Crippen LogP contribution in [-0.4, -0.2) is 28.5 Å². The first-order valence-corrected chi connectivity index (χ1v) is 6.37. The third-order valence-corrected chi connectivity index (χ3v) is 3.07. The highest BCUT2D eigenvalue weighted by molar-refractivity contribution is 5.92. The van der Waals surface area contributed by atoms with Crippen molar-refractivity contribution in [2.75, 3.05) is 13.1 Å². The fraction of sp³-hybridized carbons (Fsp3) is 0.267. The molecule has 0 aliphatic carbocycles.